The molecule has 4 atom stereocenters. The van der Waals surface area contributed by atoms with Crippen LogP contribution in [0.15, 0.2) is 60.7 Å². The van der Waals surface area contributed by atoms with Gasteiger partial charge in [0.1, 0.15) is 22.7 Å². The van der Waals surface area contributed by atoms with Crippen molar-refractivity contribution in [2.75, 3.05) is 6.61 Å². The summed E-state index contributed by atoms with van der Waals surface area (Å²) in [5.41, 5.74) is -0.473. The summed E-state index contributed by atoms with van der Waals surface area (Å²) in [6, 6.07) is 19.0. The number of hydrogen-bond donors (Lipinski definition) is 2. The van der Waals surface area contributed by atoms with E-state index in [0.29, 0.717) is 10.5 Å². The van der Waals surface area contributed by atoms with Crippen molar-refractivity contribution in [2.24, 2.45) is 0 Å². The van der Waals surface area contributed by atoms with Crippen molar-refractivity contribution in [1.29, 1.82) is 0 Å². The Kier molecular flexibility index (Phi) is 5.58. The maximum absolute atomic E-state index is 11.4. The number of hydrogen-bond acceptors (Lipinski definition) is 5. The van der Waals surface area contributed by atoms with Crippen molar-refractivity contribution in [3.63, 3.8) is 0 Å². The van der Waals surface area contributed by atoms with Crippen LogP contribution in [0.1, 0.15) is 31.9 Å². The normalized spacial score (nSPS) is 31.3. The molecule has 0 aliphatic carbocycles. The highest BCUT2D eigenvalue weighted by molar-refractivity contribution is 5.98. The molecule has 1 fully saturated rings. The summed E-state index contributed by atoms with van der Waals surface area (Å²) < 4.78 is 19.0. The molecule has 146 valence electrons. The molecular weight excluding hydrogens is 360 g/mol. The van der Waals surface area contributed by atoms with Gasteiger partial charge in [-0.3, -0.25) is 0 Å². The van der Waals surface area contributed by atoms with Gasteiger partial charge >= 0.3 is 0 Å². The van der Waals surface area contributed by atoms with Gasteiger partial charge in [-0.2, -0.15) is 0 Å². The van der Waals surface area contributed by atoms with Gasteiger partial charge in [-0.15, -0.1) is 0 Å². The average Bonchev–Trinajstić information content (AvgIpc) is 2.91. The Labute approximate surface area is 163 Å². The van der Waals surface area contributed by atoms with Gasteiger partial charge < -0.3 is 24.1 Å². The van der Waals surface area contributed by atoms with E-state index in [4.69, 9.17) is 13.9 Å². The standard InChI is InChI=1S/C21H28O5Si/c1-19(2,3)25-20(15-10-6-4-7-11-15)18(23)17(14-22)24-21(20,26-27)16-12-8-5-9-13-16/h4-13,17-18,22-23H,14H2,1-3,27H3/t17-,18-,20-,21?/m1/s1. The third-order valence-corrected chi connectivity index (χ3v) is 5.44. The van der Waals surface area contributed by atoms with E-state index in [-0.39, 0.29) is 6.61 Å². The summed E-state index contributed by atoms with van der Waals surface area (Å²) in [6.07, 6.45) is -1.97. The predicted molar refractivity (Wildman–Crippen MR) is 106 cm³/mol. The quantitative estimate of drug-likeness (QED) is 0.762. The second-order valence-electron chi connectivity index (χ2n) is 7.79. The molecule has 2 aromatic carbocycles. The fraction of sp³-hybridized carbons (Fsp3) is 0.429. The first-order chi connectivity index (χ1) is 12.8. The molecule has 27 heavy (non-hydrogen) atoms. The minimum absolute atomic E-state index is 0.341. The Balaban J connectivity index is 2.34. The lowest BCUT2D eigenvalue weighted by molar-refractivity contribution is -0.306. The zero-order valence-electron chi connectivity index (χ0n) is 16.3. The Hall–Kier alpha value is -1.54. The Morgan fingerprint density at radius 2 is 1.52 bits per heavy atom. The summed E-state index contributed by atoms with van der Waals surface area (Å²) in [4.78, 5) is 0. The van der Waals surface area contributed by atoms with Gasteiger partial charge in [0.05, 0.1) is 12.2 Å². The molecule has 2 aromatic rings. The van der Waals surface area contributed by atoms with Gasteiger partial charge in [-0.1, -0.05) is 60.7 Å². The predicted octanol–water partition coefficient (Wildman–Crippen LogP) is 1.60. The molecular formula is C21H28O5Si. The second-order valence-corrected chi connectivity index (χ2v) is 8.19. The van der Waals surface area contributed by atoms with Crippen molar-refractivity contribution >= 4 is 10.5 Å². The van der Waals surface area contributed by atoms with E-state index in [1.165, 1.54) is 0 Å². The molecule has 3 rings (SSSR count). The monoisotopic (exact) mass is 388 g/mol. The molecule has 5 nitrogen and oxygen atoms in total. The maximum atomic E-state index is 11.4. The van der Waals surface area contributed by atoms with Crippen LogP contribution in [0.5, 0.6) is 0 Å². The van der Waals surface area contributed by atoms with Crippen LogP contribution in [0.4, 0.5) is 0 Å². The highest BCUT2D eigenvalue weighted by Crippen LogP contribution is 2.57. The molecule has 1 aliphatic rings. The molecule has 6 heteroatoms. The smallest absolute Gasteiger partial charge is 0.222 e. The first-order valence-electron chi connectivity index (χ1n) is 9.14. The molecule has 1 saturated heterocycles. The van der Waals surface area contributed by atoms with E-state index >= 15 is 0 Å². The van der Waals surface area contributed by atoms with Gasteiger partial charge in [0, 0.05) is 5.56 Å². The third kappa shape index (κ3) is 3.27. The van der Waals surface area contributed by atoms with Crippen LogP contribution in [0.3, 0.4) is 0 Å². The Morgan fingerprint density at radius 3 is 1.96 bits per heavy atom. The molecule has 1 aliphatic heterocycles. The average molecular weight is 389 g/mol. The van der Waals surface area contributed by atoms with E-state index in [2.05, 4.69) is 0 Å². The lowest BCUT2D eigenvalue weighted by Crippen LogP contribution is -2.57. The molecule has 0 spiro atoms. The van der Waals surface area contributed by atoms with Crippen molar-refractivity contribution in [3.8, 4) is 0 Å². The number of benzene rings is 2. The lowest BCUT2D eigenvalue weighted by Gasteiger charge is -2.48. The molecule has 0 amide bonds. The summed E-state index contributed by atoms with van der Waals surface area (Å²) >= 11 is 0. The first-order valence-corrected chi connectivity index (χ1v) is 9.95. The van der Waals surface area contributed by atoms with E-state index < -0.39 is 29.2 Å². The van der Waals surface area contributed by atoms with Gasteiger partial charge in [-0.25, -0.2) is 0 Å². The fourth-order valence-electron chi connectivity index (χ4n) is 3.93. The van der Waals surface area contributed by atoms with Gasteiger partial charge in [-0.05, 0) is 26.3 Å². The zero-order valence-corrected chi connectivity index (χ0v) is 18.3. The molecule has 2 N–H and O–H groups in total. The fourth-order valence-corrected chi connectivity index (χ4v) is 4.57. The second kappa shape index (κ2) is 7.47. The molecule has 0 bridgehead atoms. The summed E-state index contributed by atoms with van der Waals surface area (Å²) in [5.74, 6) is -1.37. The largest absolute Gasteiger partial charge is 0.395 e. The summed E-state index contributed by atoms with van der Waals surface area (Å²) in [7, 11) is 0.341. The van der Waals surface area contributed by atoms with Crippen LogP contribution in [-0.2, 0) is 25.3 Å². The van der Waals surface area contributed by atoms with Crippen molar-refractivity contribution in [2.45, 2.75) is 50.0 Å². The van der Waals surface area contributed by atoms with Gasteiger partial charge in [0.2, 0.25) is 5.79 Å². The number of aliphatic hydroxyl groups excluding tert-OH is 2. The Morgan fingerprint density at radius 1 is 1.00 bits per heavy atom. The molecule has 0 radical (unpaired) electrons. The van der Waals surface area contributed by atoms with Crippen molar-refractivity contribution in [3.05, 3.63) is 71.8 Å². The van der Waals surface area contributed by atoms with Crippen LogP contribution in [0, 0.1) is 0 Å². The third-order valence-electron chi connectivity index (χ3n) is 4.87. The molecule has 1 unspecified atom stereocenters. The van der Waals surface area contributed by atoms with E-state index in [1.54, 1.807) is 0 Å². The number of aliphatic hydroxyl groups is 2. The minimum Gasteiger partial charge on any atom is -0.395 e. The summed E-state index contributed by atoms with van der Waals surface area (Å²) in [5, 5.41) is 21.3. The SMILES string of the molecule is CC(C)(C)O[C@]1(c2ccccc2)[C@H](O)[C@@H](CO)OC1(O[SiH3])c1ccccc1. The first kappa shape index (κ1) is 20.2. The Bertz CT molecular complexity index is 748. The van der Waals surface area contributed by atoms with Crippen molar-refractivity contribution in [1.82, 2.24) is 0 Å². The minimum atomic E-state index is -1.37. The van der Waals surface area contributed by atoms with Gasteiger partial charge in [0.15, 0.2) is 5.60 Å². The van der Waals surface area contributed by atoms with E-state index in [0.717, 1.165) is 11.1 Å². The van der Waals surface area contributed by atoms with Crippen LogP contribution in [-0.4, -0.2) is 45.1 Å². The molecule has 0 saturated carbocycles. The van der Waals surface area contributed by atoms with Crippen molar-refractivity contribution < 1.29 is 24.1 Å². The molecule has 1 heterocycles. The molecule has 0 aromatic heterocycles. The van der Waals surface area contributed by atoms with Crippen LogP contribution in [0.2, 0.25) is 0 Å². The zero-order chi connectivity index (χ0) is 19.7. The van der Waals surface area contributed by atoms with Crippen LogP contribution in [0.25, 0.3) is 0 Å². The van der Waals surface area contributed by atoms with Crippen LogP contribution >= 0.6 is 0 Å². The lowest BCUT2D eigenvalue weighted by atomic mass is 9.77. The number of ether oxygens (including phenoxy) is 2. The van der Waals surface area contributed by atoms with E-state index in [1.807, 2.05) is 81.4 Å². The topological polar surface area (TPSA) is 68.2 Å². The van der Waals surface area contributed by atoms with Gasteiger partial charge in [0.25, 0.3) is 0 Å². The highest BCUT2D eigenvalue weighted by Gasteiger charge is 2.69. The van der Waals surface area contributed by atoms with E-state index in [9.17, 15) is 10.2 Å². The highest BCUT2D eigenvalue weighted by atomic mass is 28.2. The summed E-state index contributed by atoms with van der Waals surface area (Å²) in [6.45, 7) is 5.45. The number of rotatable bonds is 5. The maximum Gasteiger partial charge on any atom is 0.222 e. The van der Waals surface area contributed by atoms with Crippen LogP contribution < -0.4 is 0 Å².